The molecule has 0 saturated heterocycles. The molecule has 5 nitrogen and oxygen atoms in total. The highest BCUT2D eigenvalue weighted by Gasteiger charge is 2.10. The molecule has 6 heteroatoms. The van der Waals surface area contributed by atoms with Crippen molar-refractivity contribution in [3.05, 3.63) is 36.3 Å². The molecule has 0 atom stereocenters. The molecule has 3 aromatic rings. The van der Waals surface area contributed by atoms with Crippen molar-refractivity contribution in [2.45, 2.75) is 18.2 Å². The molecule has 19 heavy (non-hydrogen) atoms. The van der Waals surface area contributed by atoms with Crippen LogP contribution in [0, 0.1) is 0 Å². The van der Waals surface area contributed by atoms with Gasteiger partial charge in [0.2, 0.25) is 0 Å². The molecule has 0 fully saturated rings. The van der Waals surface area contributed by atoms with Crippen LogP contribution in [0.5, 0.6) is 0 Å². The number of anilines is 1. The number of fused-ring (bicyclic) bond motifs is 1. The van der Waals surface area contributed by atoms with E-state index < -0.39 is 0 Å². The molecular weight excluding hydrogens is 258 g/mol. The van der Waals surface area contributed by atoms with E-state index in [1.165, 1.54) is 5.56 Å². The minimum atomic E-state index is 0.982. The van der Waals surface area contributed by atoms with E-state index in [1.54, 1.807) is 18.1 Å². The van der Waals surface area contributed by atoms with Crippen molar-refractivity contribution in [1.82, 2.24) is 20.0 Å². The number of hydrogen-bond donors (Lipinski definition) is 2. The van der Waals surface area contributed by atoms with Crippen LogP contribution in [0.2, 0.25) is 0 Å². The fourth-order valence-electron chi connectivity index (χ4n) is 2.12. The van der Waals surface area contributed by atoms with Gasteiger partial charge < -0.3 is 4.72 Å². The van der Waals surface area contributed by atoms with Gasteiger partial charge in [0.25, 0.3) is 0 Å². The van der Waals surface area contributed by atoms with Gasteiger partial charge >= 0.3 is 0 Å². The van der Waals surface area contributed by atoms with Crippen LogP contribution < -0.4 is 4.72 Å². The largest absolute Gasteiger partial charge is 0.323 e. The van der Waals surface area contributed by atoms with Crippen molar-refractivity contribution in [3.63, 3.8) is 0 Å². The Kier molecular flexibility index (Phi) is 3.16. The first-order valence-electron chi connectivity index (χ1n) is 6.15. The number of rotatable bonds is 4. The Labute approximate surface area is 115 Å². The van der Waals surface area contributed by atoms with Crippen molar-refractivity contribution < 1.29 is 0 Å². The molecule has 0 unspecified atom stereocenters. The molecule has 0 aliphatic carbocycles. The van der Waals surface area contributed by atoms with Crippen molar-refractivity contribution in [3.8, 4) is 0 Å². The Hall–Kier alpha value is -1.95. The smallest absolute Gasteiger partial charge is 0.0921 e. The summed E-state index contributed by atoms with van der Waals surface area (Å²) >= 11 is 1.55. The highest BCUT2D eigenvalue weighted by molar-refractivity contribution is 8.00. The molecule has 0 aliphatic heterocycles. The molecule has 0 bridgehead atoms. The second-order valence-corrected chi connectivity index (χ2v) is 5.18. The summed E-state index contributed by atoms with van der Waals surface area (Å²) in [4.78, 5) is 1.06. The highest BCUT2D eigenvalue weighted by atomic mass is 32.2. The maximum Gasteiger partial charge on any atom is 0.0921 e. The fourth-order valence-corrected chi connectivity index (χ4v) is 2.79. The molecule has 2 N–H and O–H groups in total. The minimum Gasteiger partial charge on any atom is -0.323 e. The number of aromatic nitrogens is 4. The molecule has 1 aromatic carbocycles. The van der Waals surface area contributed by atoms with Crippen molar-refractivity contribution in [2.75, 3.05) is 4.72 Å². The van der Waals surface area contributed by atoms with Gasteiger partial charge in [-0.3, -0.25) is 9.78 Å². The minimum absolute atomic E-state index is 0.982. The first kappa shape index (κ1) is 12.1. The van der Waals surface area contributed by atoms with Crippen LogP contribution in [0.1, 0.15) is 12.5 Å². The molecule has 98 valence electrons. The first-order chi connectivity index (χ1) is 9.29. The maximum absolute atomic E-state index is 4.33. The third-order valence-electron chi connectivity index (χ3n) is 3.11. The lowest BCUT2D eigenvalue weighted by Crippen LogP contribution is -1.98. The van der Waals surface area contributed by atoms with Gasteiger partial charge in [-0.2, -0.15) is 10.2 Å². The van der Waals surface area contributed by atoms with Crippen LogP contribution in [0.15, 0.2) is 35.6 Å². The number of nitrogens with one attached hydrogen (secondary N) is 2. The number of H-pyrrole nitrogens is 1. The molecule has 2 aromatic heterocycles. The number of benzene rings is 1. The number of aromatic amines is 1. The van der Waals surface area contributed by atoms with Crippen LogP contribution in [0.4, 0.5) is 5.69 Å². The van der Waals surface area contributed by atoms with E-state index in [0.717, 1.165) is 27.9 Å². The summed E-state index contributed by atoms with van der Waals surface area (Å²) in [6, 6.07) is 4.27. The van der Waals surface area contributed by atoms with Gasteiger partial charge in [-0.1, -0.05) is 19.1 Å². The van der Waals surface area contributed by atoms with E-state index in [0.29, 0.717) is 0 Å². The van der Waals surface area contributed by atoms with Crippen LogP contribution in [0.25, 0.3) is 10.9 Å². The van der Waals surface area contributed by atoms with E-state index in [4.69, 9.17) is 0 Å². The van der Waals surface area contributed by atoms with Crippen LogP contribution >= 0.6 is 11.9 Å². The normalized spacial score (nSPS) is 11.1. The molecular formula is C13H15N5S. The predicted octanol–water partition coefficient (Wildman–Crippen LogP) is 2.98. The Balaban J connectivity index is 2.01. The van der Waals surface area contributed by atoms with Crippen molar-refractivity contribution in [1.29, 1.82) is 0 Å². The van der Waals surface area contributed by atoms with E-state index in [2.05, 4.69) is 39.1 Å². The van der Waals surface area contributed by atoms with Gasteiger partial charge in [0.1, 0.15) is 0 Å². The molecule has 3 rings (SSSR count). The number of nitrogens with zero attached hydrogens (tertiary/aromatic N) is 3. The van der Waals surface area contributed by atoms with Crippen molar-refractivity contribution >= 4 is 28.5 Å². The third kappa shape index (κ3) is 2.19. The summed E-state index contributed by atoms with van der Waals surface area (Å²) in [5, 5.41) is 12.2. The van der Waals surface area contributed by atoms with Gasteiger partial charge in [0.15, 0.2) is 0 Å². The zero-order valence-electron chi connectivity index (χ0n) is 10.8. The zero-order valence-corrected chi connectivity index (χ0v) is 11.7. The summed E-state index contributed by atoms with van der Waals surface area (Å²) in [7, 11) is 1.97. The van der Waals surface area contributed by atoms with Crippen LogP contribution in [0.3, 0.4) is 0 Å². The summed E-state index contributed by atoms with van der Waals surface area (Å²) in [5.74, 6) is 0. The summed E-state index contributed by atoms with van der Waals surface area (Å²) in [6.45, 7) is 2.16. The highest BCUT2D eigenvalue weighted by Crippen LogP contribution is 2.31. The number of hydrogen-bond acceptors (Lipinski definition) is 4. The third-order valence-corrected chi connectivity index (χ3v) is 3.88. The van der Waals surface area contributed by atoms with E-state index in [-0.39, 0.29) is 0 Å². The monoisotopic (exact) mass is 273 g/mol. The van der Waals surface area contributed by atoms with Gasteiger partial charge in [-0.15, -0.1) is 0 Å². The molecule has 2 heterocycles. The average Bonchev–Trinajstić information content (AvgIpc) is 3.06. The van der Waals surface area contributed by atoms with Gasteiger partial charge in [-0.05, 0) is 23.9 Å². The Bertz CT molecular complexity index is 686. The second-order valence-electron chi connectivity index (χ2n) is 4.30. The number of aryl methyl sites for hydroxylation is 2. The summed E-state index contributed by atoms with van der Waals surface area (Å²) in [5.41, 5.74) is 3.55. The Morgan fingerprint density at radius 3 is 3.00 bits per heavy atom. The Morgan fingerprint density at radius 1 is 1.37 bits per heavy atom. The van der Waals surface area contributed by atoms with E-state index in [1.807, 2.05) is 24.1 Å². The fraction of sp³-hybridized carbons (Fsp3) is 0.231. The maximum atomic E-state index is 4.33. The topological polar surface area (TPSA) is 58.5 Å². The molecule has 0 aliphatic rings. The molecule has 0 radical (unpaired) electrons. The lowest BCUT2D eigenvalue weighted by molar-refractivity contribution is 0.797. The Morgan fingerprint density at radius 2 is 2.26 bits per heavy atom. The van der Waals surface area contributed by atoms with Crippen LogP contribution in [-0.4, -0.2) is 20.0 Å². The molecule has 0 spiro atoms. The lowest BCUT2D eigenvalue weighted by atomic mass is 10.1. The van der Waals surface area contributed by atoms with Gasteiger partial charge in [0.05, 0.1) is 28.5 Å². The summed E-state index contributed by atoms with van der Waals surface area (Å²) in [6.07, 6.45) is 6.54. The average molecular weight is 273 g/mol. The van der Waals surface area contributed by atoms with E-state index >= 15 is 0 Å². The molecule has 0 saturated carbocycles. The van der Waals surface area contributed by atoms with Crippen molar-refractivity contribution in [2.24, 2.45) is 7.05 Å². The van der Waals surface area contributed by atoms with Gasteiger partial charge in [-0.25, -0.2) is 0 Å². The zero-order chi connectivity index (χ0) is 13.2. The second kappa shape index (κ2) is 4.97. The summed E-state index contributed by atoms with van der Waals surface area (Å²) < 4.78 is 5.34. The SMILES string of the molecule is CCc1ccc2cnn(C)c2c1NSc1cn[nH]c1. The van der Waals surface area contributed by atoms with Gasteiger partial charge in [0, 0.05) is 18.6 Å². The van der Waals surface area contributed by atoms with E-state index in [9.17, 15) is 0 Å². The van der Waals surface area contributed by atoms with Crippen LogP contribution in [-0.2, 0) is 13.5 Å². The standard InChI is InChI=1S/C13H15N5S/c1-3-9-4-5-10-6-16-18(2)13(10)12(9)17-19-11-7-14-15-8-11/h4-8,17H,3H2,1-2H3,(H,14,15). The quantitative estimate of drug-likeness (QED) is 0.717. The molecule has 0 amide bonds. The predicted molar refractivity (Wildman–Crippen MR) is 78.2 cm³/mol. The lowest BCUT2D eigenvalue weighted by Gasteiger charge is -2.11. The first-order valence-corrected chi connectivity index (χ1v) is 6.96.